The maximum Gasteiger partial charge on any atom is 0.219 e. The van der Waals surface area contributed by atoms with Crippen molar-refractivity contribution in [2.45, 2.75) is 6.61 Å². The Kier molecular flexibility index (Phi) is 16.8. The van der Waals surface area contributed by atoms with Gasteiger partial charge in [-0.15, -0.1) is 0 Å². The van der Waals surface area contributed by atoms with E-state index < -0.39 is 0 Å². The monoisotopic (exact) mass is 418 g/mol. The van der Waals surface area contributed by atoms with Gasteiger partial charge in [0.15, 0.2) is 0 Å². The maximum atomic E-state index is 5.53. The van der Waals surface area contributed by atoms with Gasteiger partial charge in [0.1, 0.15) is 6.61 Å². The molecule has 0 saturated heterocycles. The third-order valence-electron chi connectivity index (χ3n) is 3.21. The molecule has 1 aromatic rings. The molecule has 0 aliphatic carbocycles. The average Bonchev–Trinajstić information content (AvgIpc) is 2.70. The molecule has 0 unspecified atom stereocenters. The summed E-state index contributed by atoms with van der Waals surface area (Å²) in [4.78, 5) is 0. The van der Waals surface area contributed by atoms with Crippen molar-refractivity contribution in [3.8, 4) is 0 Å². The summed E-state index contributed by atoms with van der Waals surface area (Å²) in [6.45, 7) is 5.97. The lowest BCUT2D eigenvalue weighted by molar-refractivity contribution is -0.0140. The minimum absolute atomic E-state index is 0.472. The van der Waals surface area contributed by atoms with Gasteiger partial charge in [-0.25, -0.2) is 0 Å². The second-order valence-corrected chi connectivity index (χ2v) is 6.70. The topological polar surface area (TPSA) is 55.4 Å². The molecule has 0 fully saturated rings. The van der Waals surface area contributed by atoms with Crippen molar-refractivity contribution in [2.24, 2.45) is 0 Å². The fourth-order valence-corrected chi connectivity index (χ4v) is 2.17. The fraction of sp³-hybridized carbons (Fsp3) is 0.632. The van der Waals surface area contributed by atoms with Crippen LogP contribution in [0.4, 0.5) is 0 Å². The van der Waals surface area contributed by atoms with E-state index in [0.717, 1.165) is 0 Å². The number of thiocarbonyl (C=S) groups is 1. The molecular formula is C19H30O6S2. The number of thioether (sulfide) groups is 1. The zero-order valence-electron chi connectivity index (χ0n) is 15.9. The predicted molar refractivity (Wildman–Crippen MR) is 111 cm³/mol. The zero-order chi connectivity index (χ0) is 19.4. The first kappa shape index (κ1) is 24.3. The standard InChI is InChI=1S/C19H30O6S2/c1-27-19(26)25-16-15-23-12-11-21-8-7-20-9-10-22-13-14-24-17-18-5-3-2-4-6-18/h2-6H,7-17H2,1H3. The van der Waals surface area contributed by atoms with Crippen molar-refractivity contribution in [1.29, 1.82) is 0 Å². The van der Waals surface area contributed by atoms with Gasteiger partial charge in [-0.1, -0.05) is 42.1 Å². The number of rotatable bonds is 17. The molecule has 0 spiro atoms. The first-order valence-electron chi connectivity index (χ1n) is 8.96. The summed E-state index contributed by atoms with van der Waals surface area (Å²) in [6.07, 6.45) is 1.88. The molecule has 27 heavy (non-hydrogen) atoms. The SMILES string of the molecule is CSC(=S)OCCOCCOCCOCCOCCOCc1ccccc1. The van der Waals surface area contributed by atoms with E-state index >= 15 is 0 Å². The average molecular weight is 419 g/mol. The number of hydrogen-bond donors (Lipinski definition) is 0. The van der Waals surface area contributed by atoms with Crippen LogP contribution < -0.4 is 0 Å². The van der Waals surface area contributed by atoms with Crippen LogP contribution in [0.3, 0.4) is 0 Å². The molecular weight excluding hydrogens is 388 g/mol. The molecule has 0 radical (unpaired) electrons. The molecule has 8 heteroatoms. The van der Waals surface area contributed by atoms with Gasteiger partial charge < -0.3 is 28.4 Å². The summed E-state index contributed by atoms with van der Waals surface area (Å²) in [7, 11) is 0. The predicted octanol–water partition coefficient (Wildman–Crippen LogP) is 2.93. The Bertz CT molecular complexity index is 461. The molecule has 0 aliphatic rings. The Morgan fingerprint density at radius 1 is 0.704 bits per heavy atom. The first-order chi connectivity index (χ1) is 13.3. The van der Waals surface area contributed by atoms with Crippen molar-refractivity contribution in [2.75, 3.05) is 72.3 Å². The van der Waals surface area contributed by atoms with Gasteiger partial charge in [0, 0.05) is 0 Å². The molecule has 0 atom stereocenters. The first-order valence-corrected chi connectivity index (χ1v) is 10.6. The zero-order valence-corrected chi connectivity index (χ0v) is 17.6. The van der Waals surface area contributed by atoms with Crippen molar-refractivity contribution in [1.82, 2.24) is 0 Å². The second kappa shape index (κ2) is 18.6. The normalized spacial score (nSPS) is 10.9. The number of ether oxygens (including phenoxy) is 6. The van der Waals surface area contributed by atoms with Crippen LogP contribution in [-0.2, 0) is 35.0 Å². The van der Waals surface area contributed by atoms with Gasteiger partial charge in [0.2, 0.25) is 4.38 Å². The van der Waals surface area contributed by atoms with Crippen LogP contribution in [0.2, 0.25) is 0 Å². The molecule has 154 valence electrons. The second-order valence-electron chi connectivity index (χ2n) is 5.29. The fourth-order valence-electron chi connectivity index (χ4n) is 1.89. The highest BCUT2D eigenvalue weighted by atomic mass is 32.2. The summed E-state index contributed by atoms with van der Waals surface area (Å²) in [6, 6.07) is 10.1. The number of benzene rings is 1. The van der Waals surface area contributed by atoms with Crippen LogP contribution in [0.25, 0.3) is 0 Å². The molecule has 0 amide bonds. The van der Waals surface area contributed by atoms with E-state index in [0.29, 0.717) is 77.1 Å². The van der Waals surface area contributed by atoms with Crippen LogP contribution >= 0.6 is 24.0 Å². The third kappa shape index (κ3) is 16.0. The molecule has 0 saturated carbocycles. The van der Waals surface area contributed by atoms with Crippen LogP contribution in [0.5, 0.6) is 0 Å². The molecule has 0 heterocycles. The van der Waals surface area contributed by atoms with Crippen LogP contribution in [0.15, 0.2) is 30.3 Å². The van der Waals surface area contributed by atoms with E-state index in [1.54, 1.807) is 0 Å². The van der Waals surface area contributed by atoms with Crippen LogP contribution in [0.1, 0.15) is 5.56 Å². The summed E-state index contributed by atoms with van der Waals surface area (Å²) >= 11 is 6.32. The highest BCUT2D eigenvalue weighted by molar-refractivity contribution is 8.22. The smallest absolute Gasteiger partial charge is 0.219 e. The Morgan fingerprint density at radius 2 is 1.15 bits per heavy atom. The van der Waals surface area contributed by atoms with Crippen molar-refractivity contribution in [3.05, 3.63) is 35.9 Å². The summed E-state index contributed by atoms with van der Waals surface area (Å²) < 4.78 is 32.9. The Labute approximate surface area is 171 Å². The molecule has 0 N–H and O–H groups in total. The Balaban J connectivity index is 1.70. The quantitative estimate of drug-likeness (QED) is 0.283. The molecule has 0 aliphatic heterocycles. The van der Waals surface area contributed by atoms with Crippen LogP contribution in [0, 0.1) is 0 Å². The lowest BCUT2D eigenvalue weighted by Gasteiger charge is -2.08. The van der Waals surface area contributed by atoms with Crippen molar-refractivity contribution in [3.63, 3.8) is 0 Å². The van der Waals surface area contributed by atoms with E-state index in [-0.39, 0.29) is 0 Å². The maximum absolute atomic E-state index is 5.53. The summed E-state index contributed by atoms with van der Waals surface area (Å²) in [5, 5.41) is 0. The van der Waals surface area contributed by atoms with E-state index in [9.17, 15) is 0 Å². The highest BCUT2D eigenvalue weighted by Gasteiger charge is 1.96. The van der Waals surface area contributed by atoms with E-state index in [1.165, 1.54) is 17.3 Å². The highest BCUT2D eigenvalue weighted by Crippen LogP contribution is 2.00. The lowest BCUT2D eigenvalue weighted by atomic mass is 10.2. The molecule has 0 bridgehead atoms. The molecule has 6 nitrogen and oxygen atoms in total. The number of hydrogen-bond acceptors (Lipinski definition) is 8. The Hall–Kier alpha value is -0.740. The molecule has 1 rings (SSSR count). The van der Waals surface area contributed by atoms with Crippen molar-refractivity contribution >= 4 is 28.4 Å². The van der Waals surface area contributed by atoms with E-state index in [2.05, 4.69) is 0 Å². The van der Waals surface area contributed by atoms with Gasteiger partial charge in [0.05, 0.1) is 66.1 Å². The van der Waals surface area contributed by atoms with Crippen molar-refractivity contribution < 1.29 is 28.4 Å². The minimum atomic E-state index is 0.472. The lowest BCUT2D eigenvalue weighted by Crippen LogP contribution is -2.14. The van der Waals surface area contributed by atoms with Gasteiger partial charge in [0.25, 0.3) is 0 Å². The van der Waals surface area contributed by atoms with Gasteiger partial charge in [-0.3, -0.25) is 0 Å². The van der Waals surface area contributed by atoms with E-state index in [1.807, 2.05) is 36.6 Å². The van der Waals surface area contributed by atoms with E-state index in [4.69, 9.17) is 40.6 Å². The van der Waals surface area contributed by atoms with Gasteiger partial charge in [-0.05, 0) is 24.0 Å². The Morgan fingerprint density at radius 3 is 1.63 bits per heavy atom. The van der Waals surface area contributed by atoms with Gasteiger partial charge in [-0.2, -0.15) is 0 Å². The molecule has 0 aromatic heterocycles. The summed E-state index contributed by atoms with van der Waals surface area (Å²) in [5.41, 5.74) is 1.17. The third-order valence-corrected chi connectivity index (χ3v) is 4.28. The summed E-state index contributed by atoms with van der Waals surface area (Å²) in [5.74, 6) is 0. The minimum Gasteiger partial charge on any atom is -0.476 e. The van der Waals surface area contributed by atoms with Crippen LogP contribution in [-0.4, -0.2) is 76.7 Å². The van der Waals surface area contributed by atoms with Gasteiger partial charge >= 0.3 is 0 Å². The molecule has 1 aromatic carbocycles. The largest absolute Gasteiger partial charge is 0.476 e.